The number of ether oxygens (including phenoxy) is 2. The van der Waals surface area contributed by atoms with Crippen LogP contribution in [0.1, 0.15) is 45.5 Å². The normalized spacial score (nSPS) is 22.3. The van der Waals surface area contributed by atoms with Crippen molar-refractivity contribution < 1.29 is 27.4 Å². The van der Waals surface area contributed by atoms with E-state index in [-0.39, 0.29) is 18.0 Å². The molecular weight excluding hydrogens is 495 g/mol. The van der Waals surface area contributed by atoms with Crippen LogP contribution in [0.4, 0.5) is 13.2 Å². The number of carbonyl (C=O) groups excluding carboxylic acids is 1. The van der Waals surface area contributed by atoms with Gasteiger partial charge in [-0.05, 0) is 73.7 Å². The molecule has 3 aliphatic rings. The van der Waals surface area contributed by atoms with E-state index in [1.165, 1.54) is 23.3 Å². The van der Waals surface area contributed by atoms with Crippen LogP contribution in [-0.4, -0.2) is 85.2 Å². The minimum atomic E-state index is -4.40. The molecular formula is C29H36F3N3O3. The van der Waals surface area contributed by atoms with Gasteiger partial charge in [0.05, 0.1) is 25.4 Å². The molecule has 2 aromatic carbocycles. The Kier molecular flexibility index (Phi) is 7.98. The SMILES string of the molecule is Cc1c(CN2C[C@@H]3C[C@H]2CN3C(=O)c2ccc(C(F)(F)F)cc2)ccc(OCCCN2CCOCC2)c1C. The summed E-state index contributed by atoms with van der Waals surface area (Å²) in [6, 6.07) is 9.10. The largest absolute Gasteiger partial charge is 0.493 e. The number of hydrogen-bond donors (Lipinski definition) is 0. The fourth-order valence-corrected chi connectivity index (χ4v) is 5.85. The highest BCUT2D eigenvalue weighted by molar-refractivity contribution is 5.94. The number of hydrogen-bond acceptors (Lipinski definition) is 5. The second kappa shape index (κ2) is 11.2. The summed E-state index contributed by atoms with van der Waals surface area (Å²) in [6.07, 6.45) is -2.52. The average molecular weight is 532 g/mol. The molecule has 0 radical (unpaired) electrons. The van der Waals surface area contributed by atoms with E-state index in [0.717, 1.165) is 82.2 Å². The standard InChI is InChI=1S/C29H36F3N3O3/c1-20-21(2)27(38-13-3-10-33-11-14-37-15-12-33)9-6-23(20)17-34-18-26-16-25(34)19-35(26)28(36)22-4-7-24(8-5-22)29(30,31)32/h4-9,25-26H,3,10-19H2,1-2H3/t25-,26-/m0/s1. The highest BCUT2D eigenvalue weighted by atomic mass is 19.4. The van der Waals surface area contributed by atoms with Crippen molar-refractivity contribution in [3.05, 3.63) is 64.2 Å². The van der Waals surface area contributed by atoms with Gasteiger partial charge in [0.1, 0.15) is 5.75 Å². The van der Waals surface area contributed by atoms with Gasteiger partial charge in [-0.2, -0.15) is 13.2 Å². The van der Waals surface area contributed by atoms with Crippen LogP contribution in [0.2, 0.25) is 0 Å². The Morgan fingerprint density at radius 3 is 2.39 bits per heavy atom. The van der Waals surface area contributed by atoms with E-state index in [0.29, 0.717) is 18.7 Å². The van der Waals surface area contributed by atoms with Crippen molar-refractivity contribution in [1.82, 2.24) is 14.7 Å². The fraction of sp³-hybridized carbons (Fsp3) is 0.552. The van der Waals surface area contributed by atoms with Crippen LogP contribution in [-0.2, 0) is 17.5 Å². The number of likely N-dealkylation sites (tertiary alicyclic amines) is 2. The lowest BCUT2D eigenvalue weighted by atomic mass is 10.0. The molecule has 2 aromatic rings. The van der Waals surface area contributed by atoms with Gasteiger partial charge in [0.2, 0.25) is 0 Å². The quantitative estimate of drug-likeness (QED) is 0.469. The molecule has 3 fully saturated rings. The third-order valence-electron chi connectivity index (χ3n) is 8.28. The number of alkyl halides is 3. The molecule has 0 saturated carbocycles. The van der Waals surface area contributed by atoms with E-state index >= 15 is 0 Å². The average Bonchev–Trinajstić information content (AvgIpc) is 3.51. The molecule has 206 valence electrons. The van der Waals surface area contributed by atoms with Gasteiger partial charge in [0.25, 0.3) is 5.91 Å². The van der Waals surface area contributed by atoms with Crippen molar-refractivity contribution in [2.45, 2.75) is 51.5 Å². The van der Waals surface area contributed by atoms with Gasteiger partial charge in [0, 0.05) is 56.9 Å². The molecule has 2 bridgehead atoms. The number of halogens is 3. The maximum absolute atomic E-state index is 13.0. The Hall–Kier alpha value is -2.62. The lowest BCUT2D eigenvalue weighted by Crippen LogP contribution is -2.48. The van der Waals surface area contributed by atoms with Crippen LogP contribution in [0.5, 0.6) is 5.75 Å². The lowest BCUT2D eigenvalue weighted by Gasteiger charge is -2.34. The molecule has 0 unspecified atom stereocenters. The zero-order chi connectivity index (χ0) is 26.9. The predicted octanol–water partition coefficient (Wildman–Crippen LogP) is 4.52. The van der Waals surface area contributed by atoms with Crippen LogP contribution in [0, 0.1) is 13.8 Å². The molecule has 5 rings (SSSR count). The number of amides is 1. The van der Waals surface area contributed by atoms with Crippen molar-refractivity contribution in [2.75, 3.05) is 52.5 Å². The Morgan fingerprint density at radius 1 is 1.00 bits per heavy atom. The number of morpholine rings is 1. The van der Waals surface area contributed by atoms with Gasteiger partial charge < -0.3 is 14.4 Å². The molecule has 0 aliphatic carbocycles. The summed E-state index contributed by atoms with van der Waals surface area (Å²) in [5, 5.41) is 0. The Labute approximate surface area is 222 Å². The van der Waals surface area contributed by atoms with Crippen LogP contribution in [0.25, 0.3) is 0 Å². The van der Waals surface area contributed by atoms with Gasteiger partial charge >= 0.3 is 6.18 Å². The first kappa shape index (κ1) is 27.0. The van der Waals surface area contributed by atoms with E-state index in [4.69, 9.17) is 9.47 Å². The third-order valence-corrected chi connectivity index (χ3v) is 8.28. The first-order valence-corrected chi connectivity index (χ1v) is 13.4. The van der Waals surface area contributed by atoms with Crippen LogP contribution >= 0.6 is 0 Å². The zero-order valence-corrected chi connectivity index (χ0v) is 22.1. The lowest BCUT2D eigenvalue weighted by molar-refractivity contribution is -0.137. The number of carbonyl (C=O) groups is 1. The first-order chi connectivity index (χ1) is 18.2. The van der Waals surface area contributed by atoms with Gasteiger partial charge in [0.15, 0.2) is 0 Å². The maximum atomic E-state index is 13.0. The van der Waals surface area contributed by atoms with E-state index < -0.39 is 11.7 Å². The van der Waals surface area contributed by atoms with Crippen LogP contribution in [0.15, 0.2) is 36.4 Å². The number of piperazine rings is 1. The van der Waals surface area contributed by atoms with Gasteiger partial charge in [-0.15, -0.1) is 0 Å². The van der Waals surface area contributed by atoms with E-state index in [9.17, 15) is 18.0 Å². The summed E-state index contributed by atoms with van der Waals surface area (Å²) in [5.41, 5.74) is 3.23. The summed E-state index contributed by atoms with van der Waals surface area (Å²) in [5.74, 6) is 0.748. The molecule has 9 heteroatoms. The Bertz CT molecular complexity index is 1130. The molecule has 0 N–H and O–H groups in total. The van der Waals surface area contributed by atoms with Gasteiger partial charge in [-0.3, -0.25) is 14.6 Å². The number of nitrogens with zero attached hydrogens (tertiary/aromatic N) is 3. The number of rotatable bonds is 8. The molecule has 3 saturated heterocycles. The minimum Gasteiger partial charge on any atom is -0.493 e. The third kappa shape index (κ3) is 5.84. The molecule has 2 atom stereocenters. The number of fused-ring (bicyclic) bond motifs is 2. The van der Waals surface area contributed by atoms with E-state index in [1.807, 2.05) is 4.90 Å². The summed E-state index contributed by atoms with van der Waals surface area (Å²) in [6.45, 7) is 11.8. The minimum absolute atomic E-state index is 0.0882. The van der Waals surface area contributed by atoms with Crippen molar-refractivity contribution >= 4 is 5.91 Å². The van der Waals surface area contributed by atoms with E-state index in [2.05, 4.69) is 35.8 Å². The topological polar surface area (TPSA) is 45.2 Å². The molecule has 1 amide bonds. The van der Waals surface area contributed by atoms with Crippen LogP contribution < -0.4 is 4.74 Å². The second-order valence-electron chi connectivity index (χ2n) is 10.6. The van der Waals surface area contributed by atoms with Crippen LogP contribution in [0.3, 0.4) is 0 Å². The summed E-state index contributed by atoms with van der Waals surface area (Å²) < 4.78 is 50.1. The van der Waals surface area contributed by atoms with Crippen molar-refractivity contribution in [2.24, 2.45) is 0 Å². The molecule has 0 spiro atoms. The fourth-order valence-electron chi connectivity index (χ4n) is 5.85. The van der Waals surface area contributed by atoms with Gasteiger partial charge in [-0.1, -0.05) is 6.07 Å². The summed E-state index contributed by atoms with van der Waals surface area (Å²) in [7, 11) is 0. The smallest absolute Gasteiger partial charge is 0.416 e. The molecule has 6 nitrogen and oxygen atoms in total. The summed E-state index contributed by atoms with van der Waals surface area (Å²) in [4.78, 5) is 19.7. The monoisotopic (exact) mass is 531 g/mol. The molecule has 38 heavy (non-hydrogen) atoms. The second-order valence-corrected chi connectivity index (χ2v) is 10.6. The molecule has 3 aliphatic heterocycles. The molecule has 3 heterocycles. The molecule has 0 aromatic heterocycles. The van der Waals surface area contributed by atoms with E-state index in [1.54, 1.807) is 0 Å². The highest BCUT2D eigenvalue weighted by Gasteiger charge is 2.45. The maximum Gasteiger partial charge on any atom is 0.416 e. The van der Waals surface area contributed by atoms with Crippen molar-refractivity contribution in [1.29, 1.82) is 0 Å². The van der Waals surface area contributed by atoms with Gasteiger partial charge in [-0.25, -0.2) is 0 Å². The summed E-state index contributed by atoms with van der Waals surface area (Å²) >= 11 is 0. The zero-order valence-electron chi connectivity index (χ0n) is 22.1. The predicted molar refractivity (Wildman–Crippen MR) is 138 cm³/mol. The van der Waals surface area contributed by atoms with Crippen molar-refractivity contribution in [3.63, 3.8) is 0 Å². The van der Waals surface area contributed by atoms with Crippen molar-refractivity contribution in [3.8, 4) is 5.75 Å². The Balaban J connectivity index is 1.13. The number of benzene rings is 2. The first-order valence-electron chi connectivity index (χ1n) is 13.4. The Morgan fingerprint density at radius 2 is 1.74 bits per heavy atom. The highest BCUT2D eigenvalue weighted by Crippen LogP contribution is 2.35.